The molecule has 1 aromatic carbocycles. The highest BCUT2D eigenvalue weighted by molar-refractivity contribution is 5.95. The van der Waals surface area contributed by atoms with Crippen LogP contribution >= 0.6 is 0 Å². The molecule has 0 bridgehead atoms. The number of aromatic nitrogens is 1. The van der Waals surface area contributed by atoms with Gasteiger partial charge in [-0.2, -0.15) is 0 Å². The molecule has 0 fully saturated rings. The maximum absolute atomic E-state index is 5.56. The molecule has 17 heavy (non-hydrogen) atoms. The zero-order chi connectivity index (χ0) is 12.4. The summed E-state index contributed by atoms with van der Waals surface area (Å²) in [7, 11) is 1.65. The highest BCUT2D eigenvalue weighted by Gasteiger charge is 2.10. The fourth-order valence-electron chi connectivity index (χ4n) is 1.82. The zero-order valence-corrected chi connectivity index (χ0v) is 10.3. The van der Waals surface area contributed by atoms with Crippen LogP contribution in [0.1, 0.15) is 25.5 Å². The Kier molecular flexibility index (Phi) is 3.15. The first-order valence-corrected chi connectivity index (χ1v) is 5.61. The first-order chi connectivity index (χ1) is 8.17. The molecule has 0 atom stereocenters. The van der Waals surface area contributed by atoms with E-state index >= 15 is 0 Å². The molecule has 0 radical (unpaired) electrons. The molecule has 4 nitrogen and oxygen atoms in total. The van der Waals surface area contributed by atoms with E-state index in [1.807, 2.05) is 24.3 Å². The molecule has 0 saturated heterocycles. The van der Waals surface area contributed by atoms with Crippen LogP contribution in [0, 0.1) is 0 Å². The molecule has 4 heteroatoms. The van der Waals surface area contributed by atoms with Gasteiger partial charge in [0.15, 0.2) is 0 Å². The van der Waals surface area contributed by atoms with Crippen LogP contribution in [0.15, 0.2) is 24.3 Å². The average Bonchev–Trinajstić information content (AvgIpc) is 2.36. The van der Waals surface area contributed by atoms with Crippen molar-refractivity contribution in [3.63, 3.8) is 0 Å². The number of methoxy groups -OCH3 is 1. The van der Waals surface area contributed by atoms with E-state index in [1.54, 1.807) is 7.11 Å². The first-order valence-electron chi connectivity index (χ1n) is 5.61. The number of nitrogen functional groups attached to an aromatic ring is 1. The molecule has 0 aliphatic heterocycles. The lowest BCUT2D eigenvalue weighted by Crippen LogP contribution is -2.09. The monoisotopic (exact) mass is 231 g/mol. The number of ether oxygens (including phenoxy) is 1. The van der Waals surface area contributed by atoms with Gasteiger partial charge in [0, 0.05) is 11.1 Å². The van der Waals surface area contributed by atoms with Crippen molar-refractivity contribution >= 4 is 16.6 Å². The maximum Gasteiger partial charge on any atom is 0.145 e. The number of para-hydroxylation sites is 1. The smallest absolute Gasteiger partial charge is 0.145 e. The number of benzene rings is 1. The van der Waals surface area contributed by atoms with E-state index in [-0.39, 0.29) is 0 Å². The standard InChI is InChI=1S/C13H17N3O/c1-8(2)10-7-11(16-14)9-5-4-6-12(17-3)13(9)15-10/h4-8H,14H2,1-3H3,(H,15,16). The van der Waals surface area contributed by atoms with Gasteiger partial charge in [0.25, 0.3) is 0 Å². The highest BCUT2D eigenvalue weighted by Crippen LogP contribution is 2.31. The average molecular weight is 231 g/mol. The number of hydrogen-bond donors (Lipinski definition) is 2. The predicted molar refractivity (Wildman–Crippen MR) is 70.2 cm³/mol. The van der Waals surface area contributed by atoms with Crippen molar-refractivity contribution in [2.24, 2.45) is 5.84 Å². The molecule has 0 aliphatic carbocycles. The van der Waals surface area contributed by atoms with Gasteiger partial charge in [0.05, 0.1) is 12.8 Å². The number of nitrogens with two attached hydrogens (primary N) is 1. The van der Waals surface area contributed by atoms with Crippen LogP contribution in [0.5, 0.6) is 5.75 Å². The van der Waals surface area contributed by atoms with Crippen LogP contribution < -0.4 is 16.0 Å². The number of nitrogens with zero attached hydrogens (tertiary/aromatic N) is 1. The molecular weight excluding hydrogens is 214 g/mol. The van der Waals surface area contributed by atoms with Gasteiger partial charge in [0.2, 0.25) is 0 Å². The summed E-state index contributed by atoms with van der Waals surface area (Å²) in [5.74, 6) is 6.67. The van der Waals surface area contributed by atoms with Crippen molar-refractivity contribution in [3.8, 4) is 5.75 Å². The molecule has 1 heterocycles. The molecule has 1 aromatic heterocycles. The molecule has 3 N–H and O–H groups in total. The number of rotatable bonds is 3. The molecule has 0 spiro atoms. The van der Waals surface area contributed by atoms with Crippen molar-refractivity contribution in [2.45, 2.75) is 19.8 Å². The summed E-state index contributed by atoms with van der Waals surface area (Å²) in [5, 5.41) is 0.969. The van der Waals surface area contributed by atoms with Gasteiger partial charge < -0.3 is 10.2 Å². The summed E-state index contributed by atoms with van der Waals surface area (Å²) in [4.78, 5) is 4.63. The van der Waals surface area contributed by atoms with Crippen LogP contribution in [-0.4, -0.2) is 12.1 Å². The number of hydrogen-bond acceptors (Lipinski definition) is 4. The zero-order valence-electron chi connectivity index (χ0n) is 10.3. The van der Waals surface area contributed by atoms with Gasteiger partial charge >= 0.3 is 0 Å². The van der Waals surface area contributed by atoms with Gasteiger partial charge in [0.1, 0.15) is 11.3 Å². The van der Waals surface area contributed by atoms with Gasteiger partial charge in [-0.1, -0.05) is 26.0 Å². The normalized spacial score (nSPS) is 10.9. The second kappa shape index (κ2) is 4.59. The summed E-state index contributed by atoms with van der Waals surface area (Å²) in [5.41, 5.74) is 5.43. The van der Waals surface area contributed by atoms with Crippen LogP contribution in [0.4, 0.5) is 5.69 Å². The Morgan fingerprint density at radius 2 is 2.12 bits per heavy atom. The maximum atomic E-state index is 5.56. The Morgan fingerprint density at radius 3 is 2.71 bits per heavy atom. The van der Waals surface area contributed by atoms with E-state index in [2.05, 4.69) is 24.3 Å². The fourth-order valence-corrected chi connectivity index (χ4v) is 1.82. The molecule has 0 aliphatic rings. The Hall–Kier alpha value is -1.81. The largest absolute Gasteiger partial charge is 0.494 e. The number of anilines is 1. The van der Waals surface area contributed by atoms with E-state index in [0.717, 1.165) is 28.0 Å². The van der Waals surface area contributed by atoms with E-state index in [9.17, 15) is 0 Å². The lowest BCUT2D eigenvalue weighted by Gasteiger charge is -2.13. The third-order valence-electron chi connectivity index (χ3n) is 2.79. The predicted octanol–water partition coefficient (Wildman–Crippen LogP) is 2.65. The minimum absolute atomic E-state index is 0.344. The van der Waals surface area contributed by atoms with Crippen molar-refractivity contribution < 1.29 is 4.74 Å². The Morgan fingerprint density at radius 1 is 1.35 bits per heavy atom. The topological polar surface area (TPSA) is 60.2 Å². The summed E-state index contributed by atoms with van der Waals surface area (Å²) in [6.07, 6.45) is 0. The minimum atomic E-state index is 0.344. The Bertz CT molecular complexity index is 537. The van der Waals surface area contributed by atoms with Crippen molar-refractivity contribution in [1.82, 2.24) is 4.98 Å². The summed E-state index contributed by atoms with van der Waals surface area (Å²) in [6.45, 7) is 4.20. The van der Waals surface area contributed by atoms with Gasteiger partial charge in [-0.15, -0.1) is 0 Å². The van der Waals surface area contributed by atoms with Crippen molar-refractivity contribution in [3.05, 3.63) is 30.0 Å². The summed E-state index contributed by atoms with van der Waals surface area (Å²) < 4.78 is 5.33. The summed E-state index contributed by atoms with van der Waals surface area (Å²) >= 11 is 0. The second-order valence-electron chi connectivity index (χ2n) is 4.25. The molecule has 90 valence electrons. The lowest BCUT2D eigenvalue weighted by molar-refractivity contribution is 0.419. The third-order valence-corrected chi connectivity index (χ3v) is 2.79. The first kappa shape index (κ1) is 11.7. The lowest BCUT2D eigenvalue weighted by atomic mass is 10.1. The van der Waals surface area contributed by atoms with E-state index in [4.69, 9.17) is 10.6 Å². The van der Waals surface area contributed by atoms with Gasteiger partial charge in [-0.25, -0.2) is 4.98 Å². The van der Waals surface area contributed by atoms with Crippen molar-refractivity contribution in [2.75, 3.05) is 12.5 Å². The number of pyridine rings is 1. The molecular formula is C13H17N3O. The highest BCUT2D eigenvalue weighted by atomic mass is 16.5. The van der Waals surface area contributed by atoms with E-state index in [1.165, 1.54) is 0 Å². The number of fused-ring (bicyclic) bond motifs is 1. The van der Waals surface area contributed by atoms with E-state index in [0.29, 0.717) is 5.92 Å². The number of nitrogens with one attached hydrogen (secondary N) is 1. The van der Waals surface area contributed by atoms with Crippen LogP contribution in [0.2, 0.25) is 0 Å². The summed E-state index contributed by atoms with van der Waals surface area (Å²) in [6, 6.07) is 7.79. The van der Waals surface area contributed by atoms with Crippen molar-refractivity contribution in [1.29, 1.82) is 0 Å². The molecule has 0 saturated carbocycles. The van der Waals surface area contributed by atoms with Gasteiger partial charge in [-0.3, -0.25) is 5.84 Å². The van der Waals surface area contributed by atoms with E-state index < -0.39 is 0 Å². The Balaban J connectivity index is 2.78. The molecule has 0 amide bonds. The molecule has 0 unspecified atom stereocenters. The second-order valence-corrected chi connectivity index (χ2v) is 4.25. The van der Waals surface area contributed by atoms with Crippen LogP contribution in [0.3, 0.4) is 0 Å². The third kappa shape index (κ3) is 2.03. The molecule has 2 aromatic rings. The number of hydrazine groups is 1. The minimum Gasteiger partial charge on any atom is -0.494 e. The van der Waals surface area contributed by atoms with Crippen LogP contribution in [0.25, 0.3) is 10.9 Å². The molecule has 2 rings (SSSR count). The quantitative estimate of drug-likeness (QED) is 0.629. The van der Waals surface area contributed by atoms with Gasteiger partial charge in [-0.05, 0) is 18.1 Å². The van der Waals surface area contributed by atoms with Crippen LogP contribution in [-0.2, 0) is 0 Å². The fraction of sp³-hybridized carbons (Fsp3) is 0.308. The Labute approximate surface area is 101 Å². The SMILES string of the molecule is COc1cccc2c(NN)cc(C(C)C)nc12.